The van der Waals surface area contributed by atoms with Gasteiger partial charge in [-0.3, -0.25) is 4.98 Å². The van der Waals surface area contributed by atoms with Gasteiger partial charge in [0.1, 0.15) is 0 Å². The number of nitrogens with zero attached hydrogens (tertiary/aromatic N) is 4. The minimum atomic E-state index is 0.651. The molecule has 1 aliphatic rings. The fourth-order valence-corrected chi connectivity index (χ4v) is 5.89. The summed E-state index contributed by atoms with van der Waals surface area (Å²) in [5, 5.41) is 0. The van der Waals surface area contributed by atoms with Gasteiger partial charge in [0.2, 0.25) is 0 Å². The second kappa shape index (κ2) is 10.6. The predicted octanol–water partition coefficient (Wildman–Crippen LogP) is 9.17. The van der Waals surface area contributed by atoms with Gasteiger partial charge in [0.05, 0.1) is 5.69 Å². The number of benzene rings is 5. The molecule has 43 heavy (non-hydrogen) atoms. The molecule has 8 rings (SSSR count). The molecule has 4 heteroatoms. The molecule has 0 N–H and O–H groups in total. The lowest BCUT2D eigenvalue weighted by atomic mass is 9.96. The molecule has 7 aromatic rings. The van der Waals surface area contributed by atoms with E-state index >= 15 is 0 Å². The maximum absolute atomic E-state index is 4.91. The molecule has 0 atom stereocenters. The summed E-state index contributed by atoms with van der Waals surface area (Å²) in [7, 11) is 0. The van der Waals surface area contributed by atoms with E-state index < -0.39 is 0 Å². The lowest BCUT2D eigenvalue weighted by Gasteiger charge is -2.11. The van der Waals surface area contributed by atoms with E-state index in [2.05, 4.69) is 78.9 Å². The van der Waals surface area contributed by atoms with Gasteiger partial charge in [-0.1, -0.05) is 127 Å². The van der Waals surface area contributed by atoms with E-state index in [9.17, 15) is 0 Å². The Hall–Kier alpha value is -5.74. The zero-order valence-corrected chi connectivity index (χ0v) is 23.4. The predicted molar refractivity (Wildman–Crippen MR) is 173 cm³/mol. The first-order chi connectivity index (χ1) is 21.3. The first kappa shape index (κ1) is 25.0. The third kappa shape index (κ3) is 4.69. The summed E-state index contributed by atoms with van der Waals surface area (Å²) < 4.78 is 0. The molecule has 0 amide bonds. The van der Waals surface area contributed by atoms with E-state index in [-0.39, 0.29) is 0 Å². The normalized spacial score (nSPS) is 11.6. The smallest absolute Gasteiger partial charge is 0.164 e. The second-order valence-corrected chi connectivity index (χ2v) is 10.7. The van der Waals surface area contributed by atoms with Crippen LogP contribution in [0.4, 0.5) is 0 Å². The van der Waals surface area contributed by atoms with Crippen molar-refractivity contribution in [3.05, 3.63) is 157 Å². The molecule has 0 spiro atoms. The van der Waals surface area contributed by atoms with Crippen LogP contribution in [-0.2, 0) is 6.42 Å². The van der Waals surface area contributed by atoms with Crippen LogP contribution in [0.5, 0.6) is 0 Å². The summed E-state index contributed by atoms with van der Waals surface area (Å²) in [6.07, 6.45) is 2.84. The van der Waals surface area contributed by atoms with Crippen molar-refractivity contribution in [2.75, 3.05) is 0 Å². The summed E-state index contributed by atoms with van der Waals surface area (Å²) >= 11 is 0. The van der Waals surface area contributed by atoms with E-state index in [4.69, 9.17) is 19.9 Å². The van der Waals surface area contributed by atoms with Gasteiger partial charge in [-0.05, 0) is 45.5 Å². The van der Waals surface area contributed by atoms with Crippen molar-refractivity contribution < 1.29 is 0 Å². The molecule has 2 heterocycles. The Morgan fingerprint density at radius 3 is 1.65 bits per heavy atom. The molecule has 0 unspecified atom stereocenters. The Bertz CT molecular complexity index is 2030. The van der Waals surface area contributed by atoms with Crippen LogP contribution in [-0.4, -0.2) is 19.9 Å². The van der Waals surface area contributed by atoms with Crippen molar-refractivity contribution in [3.8, 4) is 67.7 Å². The molecular weight excluding hydrogens is 524 g/mol. The fraction of sp³-hybridized carbons (Fsp3) is 0.0256. The molecule has 5 aromatic carbocycles. The molecule has 2 aromatic heterocycles. The Kier molecular flexibility index (Phi) is 6.16. The van der Waals surface area contributed by atoms with E-state index in [1.54, 1.807) is 0 Å². The van der Waals surface area contributed by atoms with Gasteiger partial charge in [-0.25, -0.2) is 15.0 Å². The minimum absolute atomic E-state index is 0.651. The van der Waals surface area contributed by atoms with E-state index in [1.807, 2.05) is 66.9 Å². The Morgan fingerprint density at radius 2 is 0.953 bits per heavy atom. The Morgan fingerprint density at radius 1 is 0.395 bits per heavy atom. The van der Waals surface area contributed by atoms with Crippen LogP contribution in [0, 0.1) is 0 Å². The Labute approximate surface area is 250 Å². The first-order valence-electron chi connectivity index (χ1n) is 14.4. The van der Waals surface area contributed by atoms with E-state index in [0.717, 1.165) is 39.9 Å². The highest BCUT2D eigenvalue weighted by molar-refractivity contribution is 5.83. The lowest BCUT2D eigenvalue weighted by molar-refractivity contribution is 1.07. The maximum Gasteiger partial charge on any atom is 0.164 e. The lowest BCUT2D eigenvalue weighted by Crippen LogP contribution is -2.00. The van der Waals surface area contributed by atoms with Crippen LogP contribution in [0.3, 0.4) is 0 Å². The molecule has 0 saturated carbocycles. The van der Waals surface area contributed by atoms with Crippen molar-refractivity contribution in [1.82, 2.24) is 19.9 Å². The van der Waals surface area contributed by atoms with Gasteiger partial charge >= 0.3 is 0 Å². The van der Waals surface area contributed by atoms with Crippen LogP contribution >= 0.6 is 0 Å². The van der Waals surface area contributed by atoms with Crippen molar-refractivity contribution >= 4 is 0 Å². The van der Waals surface area contributed by atoms with E-state index in [0.29, 0.717) is 17.5 Å². The van der Waals surface area contributed by atoms with Crippen molar-refractivity contribution in [1.29, 1.82) is 0 Å². The standard InChI is InChI=1S/C39H26N4/c1-3-10-28(11-4-1)37-41-38(29-12-5-2-6-13-29)43-39(42-37)32-16-9-15-30(24-32)26-18-20-27(21-19-26)33-22-23-40-36-34-17-8-7-14-31(34)25-35(33)36/h1-24H,25H2. The molecular formula is C39H26N4. The summed E-state index contributed by atoms with van der Waals surface area (Å²) in [6, 6.07) is 48.1. The largest absolute Gasteiger partial charge is 0.256 e. The van der Waals surface area contributed by atoms with Crippen LogP contribution < -0.4 is 0 Å². The van der Waals surface area contributed by atoms with Gasteiger partial charge in [0, 0.05) is 34.9 Å². The molecule has 1 aliphatic carbocycles. The van der Waals surface area contributed by atoms with Crippen LogP contribution in [0.15, 0.2) is 146 Å². The zero-order valence-electron chi connectivity index (χ0n) is 23.4. The maximum atomic E-state index is 4.91. The van der Waals surface area contributed by atoms with Gasteiger partial charge in [0.25, 0.3) is 0 Å². The van der Waals surface area contributed by atoms with Gasteiger partial charge < -0.3 is 0 Å². The molecule has 0 radical (unpaired) electrons. The van der Waals surface area contributed by atoms with Gasteiger partial charge in [0.15, 0.2) is 17.5 Å². The van der Waals surface area contributed by atoms with Crippen molar-refractivity contribution in [3.63, 3.8) is 0 Å². The molecule has 4 nitrogen and oxygen atoms in total. The fourth-order valence-electron chi connectivity index (χ4n) is 5.89. The van der Waals surface area contributed by atoms with Crippen LogP contribution in [0.1, 0.15) is 11.1 Å². The molecule has 0 fully saturated rings. The first-order valence-corrected chi connectivity index (χ1v) is 14.4. The third-order valence-electron chi connectivity index (χ3n) is 8.04. The van der Waals surface area contributed by atoms with Gasteiger partial charge in [-0.15, -0.1) is 0 Å². The summed E-state index contributed by atoms with van der Waals surface area (Å²) in [5.74, 6) is 1.97. The Balaban J connectivity index is 1.15. The highest BCUT2D eigenvalue weighted by Gasteiger charge is 2.22. The molecule has 0 bridgehead atoms. The van der Waals surface area contributed by atoms with Crippen LogP contribution in [0.25, 0.3) is 67.7 Å². The summed E-state index contributed by atoms with van der Waals surface area (Å²) in [6.45, 7) is 0. The second-order valence-electron chi connectivity index (χ2n) is 10.7. The quantitative estimate of drug-likeness (QED) is 0.214. The molecule has 0 aliphatic heterocycles. The monoisotopic (exact) mass is 550 g/mol. The average molecular weight is 551 g/mol. The average Bonchev–Trinajstić information content (AvgIpc) is 3.48. The topological polar surface area (TPSA) is 51.6 Å². The van der Waals surface area contributed by atoms with Crippen molar-refractivity contribution in [2.45, 2.75) is 6.42 Å². The van der Waals surface area contributed by atoms with Crippen molar-refractivity contribution in [2.24, 2.45) is 0 Å². The number of hydrogen-bond donors (Lipinski definition) is 0. The third-order valence-corrected chi connectivity index (χ3v) is 8.04. The summed E-state index contributed by atoms with van der Waals surface area (Å²) in [5.41, 5.74) is 12.6. The summed E-state index contributed by atoms with van der Waals surface area (Å²) in [4.78, 5) is 19.4. The SMILES string of the molecule is c1ccc(-c2nc(-c3ccccc3)nc(-c3cccc(-c4ccc(-c5ccnc6c5Cc5ccccc5-6)cc4)c3)n2)cc1. The number of hydrogen-bond acceptors (Lipinski definition) is 4. The van der Waals surface area contributed by atoms with Crippen LogP contribution in [0.2, 0.25) is 0 Å². The number of rotatable bonds is 5. The van der Waals surface area contributed by atoms with E-state index in [1.165, 1.54) is 27.8 Å². The minimum Gasteiger partial charge on any atom is -0.256 e. The highest BCUT2D eigenvalue weighted by atomic mass is 15.0. The molecule has 0 saturated heterocycles. The number of aromatic nitrogens is 4. The molecule has 202 valence electrons. The highest BCUT2D eigenvalue weighted by Crippen LogP contribution is 2.40. The number of pyridine rings is 1. The van der Waals surface area contributed by atoms with Gasteiger partial charge in [-0.2, -0.15) is 0 Å². The number of fused-ring (bicyclic) bond motifs is 3. The zero-order chi connectivity index (χ0) is 28.6.